The third kappa shape index (κ3) is 4.33. The fourth-order valence-corrected chi connectivity index (χ4v) is 1.83. The smallest absolute Gasteiger partial charge is 0.293 e. The van der Waals surface area contributed by atoms with Gasteiger partial charge in [-0.2, -0.15) is 0 Å². The van der Waals surface area contributed by atoms with Crippen molar-refractivity contribution in [1.29, 1.82) is 0 Å². The van der Waals surface area contributed by atoms with Gasteiger partial charge in [0.05, 0.1) is 12.6 Å². The van der Waals surface area contributed by atoms with Crippen LogP contribution < -0.4 is 16.6 Å². The van der Waals surface area contributed by atoms with Crippen molar-refractivity contribution >= 4 is 5.82 Å². The monoisotopic (exact) mass is 268 g/mol. The summed E-state index contributed by atoms with van der Waals surface area (Å²) in [6, 6.07) is -0.00832. The zero-order valence-electron chi connectivity index (χ0n) is 12.1. The van der Waals surface area contributed by atoms with Crippen LogP contribution in [0.2, 0.25) is 0 Å². The molecule has 0 bridgehead atoms. The Labute approximate surface area is 114 Å². The van der Waals surface area contributed by atoms with Crippen molar-refractivity contribution in [3.05, 3.63) is 22.7 Å². The Kier molecular flexibility index (Phi) is 5.50. The molecule has 0 spiro atoms. The molecular weight excluding hydrogens is 244 g/mol. The van der Waals surface area contributed by atoms with Crippen molar-refractivity contribution in [2.24, 2.45) is 5.73 Å². The fourth-order valence-electron chi connectivity index (χ4n) is 1.83. The zero-order chi connectivity index (χ0) is 14.5. The van der Waals surface area contributed by atoms with E-state index in [2.05, 4.69) is 10.3 Å². The number of nitrogens with two attached hydrogens (primary N) is 1. The molecule has 108 valence electrons. The highest BCUT2D eigenvalue weighted by Crippen LogP contribution is 2.11. The first-order valence-electron chi connectivity index (χ1n) is 6.44. The Morgan fingerprint density at radius 1 is 1.53 bits per heavy atom. The minimum Gasteiger partial charge on any atom is -0.383 e. The zero-order valence-corrected chi connectivity index (χ0v) is 12.1. The van der Waals surface area contributed by atoms with Gasteiger partial charge in [0, 0.05) is 25.0 Å². The van der Waals surface area contributed by atoms with Crippen LogP contribution in [0.1, 0.15) is 27.2 Å². The van der Waals surface area contributed by atoms with Crippen LogP contribution in [0.3, 0.4) is 0 Å². The van der Waals surface area contributed by atoms with E-state index < -0.39 is 0 Å². The summed E-state index contributed by atoms with van der Waals surface area (Å²) >= 11 is 0. The molecule has 6 heteroatoms. The van der Waals surface area contributed by atoms with Gasteiger partial charge in [-0.25, -0.2) is 4.98 Å². The molecule has 3 N–H and O–H groups in total. The number of nitrogens with zero attached hydrogens (tertiary/aromatic N) is 2. The first-order valence-corrected chi connectivity index (χ1v) is 6.44. The van der Waals surface area contributed by atoms with Crippen molar-refractivity contribution in [3.63, 3.8) is 0 Å². The van der Waals surface area contributed by atoms with Gasteiger partial charge in [0.15, 0.2) is 5.82 Å². The summed E-state index contributed by atoms with van der Waals surface area (Å²) < 4.78 is 6.77. The highest BCUT2D eigenvalue weighted by atomic mass is 16.5. The van der Waals surface area contributed by atoms with Gasteiger partial charge in [0.25, 0.3) is 5.56 Å². The Balaban J connectivity index is 2.98. The van der Waals surface area contributed by atoms with E-state index in [1.807, 2.05) is 20.8 Å². The molecule has 0 saturated carbocycles. The molecule has 0 amide bonds. The van der Waals surface area contributed by atoms with E-state index >= 15 is 0 Å². The lowest BCUT2D eigenvalue weighted by molar-refractivity contribution is 0.183. The van der Waals surface area contributed by atoms with Crippen molar-refractivity contribution < 1.29 is 4.74 Å². The lowest BCUT2D eigenvalue weighted by atomic mass is 10.1. The predicted molar refractivity (Wildman–Crippen MR) is 76.5 cm³/mol. The van der Waals surface area contributed by atoms with E-state index in [0.717, 1.165) is 6.42 Å². The normalized spacial score (nSPS) is 13.3. The van der Waals surface area contributed by atoms with E-state index in [1.54, 1.807) is 24.1 Å². The third-order valence-electron chi connectivity index (χ3n) is 2.79. The summed E-state index contributed by atoms with van der Waals surface area (Å²) in [4.78, 5) is 16.4. The van der Waals surface area contributed by atoms with Gasteiger partial charge in [-0.05, 0) is 33.7 Å². The van der Waals surface area contributed by atoms with Crippen LogP contribution in [0, 0.1) is 0 Å². The summed E-state index contributed by atoms with van der Waals surface area (Å²) in [6.45, 7) is 6.95. The number of hydrogen-bond acceptors (Lipinski definition) is 5. The maximum absolute atomic E-state index is 12.3. The van der Waals surface area contributed by atoms with Gasteiger partial charge in [-0.1, -0.05) is 0 Å². The van der Waals surface area contributed by atoms with Gasteiger partial charge in [-0.15, -0.1) is 0 Å². The highest BCUT2D eigenvalue weighted by Gasteiger charge is 2.18. The minimum atomic E-state index is -0.277. The standard InChI is InChI=1S/C13H24N4O2/c1-13(2,3)17-8-7-15-11(12(17)18)16-10(5-6-14)9-19-4/h7-8,10H,5-6,9,14H2,1-4H3,(H,15,16). The average Bonchev–Trinajstić information content (AvgIpc) is 2.31. The minimum absolute atomic E-state index is 0.00832. The maximum Gasteiger partial charge on any atom is 0.293 e. The van der Waals surface area contributed by atoms with Crippen molar-refractivity contribution in [3.8, 4) is 0 Å². The number of rotatable bonds is 6. The quantitative estimate of drug-likeness (QED) is 0.796. The predicted octanol–water partition coefficient (Wildman–Crippen LogP) is 0.774. The second-order valence-corrected chi connectivity index (χ2v) is 5.50. The van der Waals surface area contributed by atoms with E-state index in [1.165, 1.54) is 0 Å². The molecular formula is C13H24N4O2. The number of nitrogens with one attached hydrogen (secondary N) is 1. The van der Waals surface area contributed by atoms with Gasteiger partial charge < -0.3 is 20.4 Å². The lowest BCUT2D eigenvalue weighted by Crippen LogP contribution is -2.38. The van der Waals surface area contributed by atoms with E-state index in [9.17, 15) is 4.79 Å². The summed E-state index contributed by atoms with van der Waals surface area (Å²) in [7, 11) is 1.62. The molecule has 6 nitrogen and oxygen atoms in total. The molecule has 19 heavy (non-hydrogen) atoms. The van der Waals surface area contributed by atoms with E-state index in [4.69, 9.17) is 10.5 Å². The molecule has 1 aromatic heterocycles. The molecule has 1 atom stereocenters. The topological polar surface area (TPSA) is 82.2 Å². The van der Waals surface area contributed by atoms with Crippen molar-refractivity contribution in [2.45, 2.75) is 38.8 Å². The fraction of sp³-hybridized carbons (Fsp3) is 0.692. The van der Waals surface area contributed by atoms with Crippen LogP contribution in [0.25, 0.3) is 0 Å². The Morgan fingerprint density at radius 2 is 2.21 bits per heavy atom. The molecule has 1 aromatic rings. The molecule has 0 radical (unpaired) electrons. The summed E-state index contributed by atoms with van der Waals surface area (Å²) in [5.41, 5.74) is 5.14. The van der Waals surface area contributed by atoms with Crippen LogP contribution in [0.5, 0.6) is 0 Å². The van der Waals surface area contributed by atoms with E-state index in [-0.39, 0.29) is 17.1 Å². The molecule has 1 unspecified atom stereocenters. The molecule has 0 saturated heterocycles. The van der Waals surface area contributed by atoms with Crippen LogP contribution >= 0.6 is 0 Å². The van der Waals surface area contributed by atoms with Crippen LogP contribution in [0.15, 0.2) is 17.2 Å². The Hall–Kier alpha value is -1.40. The van der Waals surface area contributed by atoms with Gasteiger partial charge in [0.1, 0.15) is 0 Å². The third-order valence-corrected chi connectivity index (χ3v) is 2.79. The summed E-state index contributed by atoms with van der Waals surface area (Å²) in [5, 5.41) is 3.11. The Bertz CT molecular complexity index is 445. The van der Waals surface area contributed by atoms with Gasteiger partial charge in [0.2, 0.25) is 0 Å². The SMILES string of the molecule is COCC(CCN)Nc1nccn(C(C)(C)C)c1=O. The maximum atomic E-state index is 12.3. The number of ether oxygens (including phenoxy) is 1. The first kappa shape index (κ1) is 15.7. The second-order valence-electron chi connectivity index (χ2n) is 5.50. The van der Waals surface area contributed by atoms with Crippen LogP contribution in [-0.2, 0) is 10.3 Å². The lowest BCUT2D eigenvalue weighted by Gasteiger charge is -2.23. The van der Waals surface area contributed by atoms with Crippen molar-refractivity contribution in [2.75, 3.05) is 25.6 Å². The largest absolute Gasteiger partial charge is 0.383 e. The van der Waals surface area contributed by atoms with Gasteiger partial charge in [-0.3, -0.25) is 4.79 Å². The number of anilines is 1. The molecule has 0 aliphatic carbocycles. The average molecular weight is 268 g/mol. The molecule has 0 aliphatic heterocycles. The van der Waals surface area contributed by atoms with Crippen LogP contribution in [0.4, 0.5) is 5.82 Å². The summed E-state index contributed by atoms with van der Waals surface area (Å²) in [6.07, 6.45) is 4.04. The second kappa shape index (κ2) is 6.68. The number of aromatic nitrogens is 2. The molecule has 1 rings (SSSR count). The number of hydrogen-bond donors (Lipinski definition) is 2. The molecule has 1 heterocycles. The van der Waals surface area contributed by atoms with Crippen molar-refractivity contribution in [1.82, 2.24) is 9.55 Å². The highest BCUT2D eigenvalue weighted by molar-refractivity contribution is 5.32. The summed E-state index contributed by atoms with van der Waals surface area (Å²) in [5.74, 6) is 0.341. The Morgan fingerprint density at radius 3 is 2.74 bits per heavy atom. The van der Waals surface area contributed by atoms with Gasteiger partial charge >= 0.3 is 0 Å². The van der Waals surface area contributed by atoms with E-state index in [0.29, 0.717) is 19.0 Å². The molecule has 0 aliphatic rings. The van der Waals surface area contributed by atoms with Crippen LogP contribution in [-0.4, -0.2) is 35.9 Å². The number of methoxy groups -OCH3 is 1. The first-order chi connectivity index (χ1) is 8.90. The molecule has 0 fully saturated rings. The molecule has 0 aromatic carbocycles.